The van der Waals surface area contributed by atoms with Gasteiger partial charge in [-0.3, -0.25) is 14.8 Å². The molecular formula is C5H5N3O2. The molecule has 0 atom stereocenters. The van der Waals surface area contributed by atoms with Crippen LogP contribution in [0.3, 0.4) is 0 Å². The summed E-state index contributed by atoms with van der Waals surface area (Å²) in [6.07, 6.45) is 1.20. The SMILES string of the molecule is C=Nc1c[nH]c(=O)[nH]c1=O. The van der Waals surface area contributed by atoms with Gasteiger partial charge in [-0.15, -0.1) is 0 Å². The molecule has 5 heteroatoms. The Labute approximate surface area is 55.5 Å². The van der Waals surface area contributed by atoms with Crippen molar-refractivity contribution in [2.45, 2.75) is 0 Å². The molecule has 0 aromatic carbocycles. The largest absolute Gasteiger partial charge is 0.325 e. The lowest BCUT2D eigenvalue weighted by atomic mass is 10.5. The van der Waals surface area contributed by atoms with E-state index in [1.165, 1.54) is 6.20 Å². The van der Waals surface area contributed by atoms with E-state index in [4.69, 9.17) is 0 Å². The first-order chi connectivity index (χ1) is 4.74. The van der Waals surface area contributed by atoms with Gasteiger partial charge in [-0.25, -0.2) is 4.79 Å². The van der Waals surface area contributed by atoms with Crippen molar-refractivity contribution in [3.63, 3.8) is 0 Å². The molecule has 0 amide bonds. The summed E-state index contributed by atoms with van der Waals surface area (Å²) in [5.74, 6) is 0. The average Bonchev–Trinajstić information content (AvgIpc) is 1.88. The van der Waals surface area contributed by atoms with E-state index >= 15 is 0 Å². The zero-order chi connectivity index (χ0) is 7.56. The smallest absolute Gasteiger partial charge is 0.312 e. The molecule has 0 bridgehead atoms. The van der Waals surface area contributed by atoms with Gasteiger partial charge in [0.15, 0.2) is 0 Å². The van der Waals surface area contributed by atoms with Gasteiger partial charge < -0.3 is 4.98 Å². The van der Waals surface area contributed by atoms with Crippen LogP contribution in [-0.4, -0.2) is 16.7 Å². The number of nitrogens with one attached hydrogen (secondary N) is 2. The minimum atomic E-state index is -0.544. The summed E-state index contributed by atoms with van der Waals surface area (Å²) >= 11 is 0. The maximum Gasteiger partial charge on any atom is 0.325 e. The van der Waals surface area contributed by atoms with Gasteiger partial charge in [0.2, 0.25) is 0 Å². The van der Waals surface area contributed by atoms with Crippen molar-refractivity contribution in [3.05, 3.63) is 27.0 Å². The zero-order valence-electron chi connectivity index (χ0n) is 5.05. The Morgan fingerprint density at radius 1 is 1.50 bits per heavy atom. The Morgan fingerprint density at radius 2 is 2.20 bits per heavy atom. The summed E-state index contributed by atoms with van der Waals surface area (Å²) in [6.45, 7) is 3.13. The molecule has 0 fully saturated rings. The highest BCUT2D eigenvalue weighted by molar-refractivity contribution is 5.40. The summed E-state index contributed by atoms with van der Waals surface area (Å²) in [6, 6.07) is 0. The molecule has 5 nitrogen and oxygen atoms in total. The molecule has 0 aliphatic heterocycles. The van der Waals surface area contributed by atoms with Gasteiger partial charge in [-0.05, 0) is 6.72 Å². The van der Waals surface area contributed by atoms with Crippen molar-refractivity contribution in [3.8, 4) is 0 Å². The van der Waals surface area contributed by atoms with Crippen molar-refractivity contribution >= 4 is 12.4 Å². The molecule has 0 spiro atoms. The molecule has 1 rings (SSSR count). The average molecular weight is 139 g/mol. The number of hydrogen-bond acceptors (Lipinski definition) is 3. The van der Waals surface area contributed by atoms with E-state index in [0.717, 1.165) is 0 Å². The normalized spacial score (nSPS) is 9.20. The van der Waals surface area contributed by atoms with Crippen molar-refractivity contribution in [2.24, 2.45) is 4.99 Å². The topological polar surface area (TPSA) is 78.1 Å². The fraction of sp³-hybridized carbons (Fsp3) is 0. The van der Waals surface area contributed by atoms with Gasteiger partial charge in [-0.2, -0.15) is 0 Å². The number of aromatic nitrogens is 2. The number of nitrogens with zero attached hydrogens (tertiary/aromatic N) is 1. The van der Waals surface area contributed by atoms with Crippen LogP contribution in [0.1, 0.15) is 0 Å². The van der Waals surface area contributed by atoms with Gasteiger partial charge in [0.05, 0.1) is 0 Å². The molecule has 0 radical (unpaired) electrons. The van der Waals surface area contributed by atoms with E-state index in [1.54, 1.807) is 0 Å². The van der Waals surface area contributed by atoms with E-state index in [9.17, 15) is 9.59 Å². The fourth-order valence-corrected chi connectivity index (χ4v) is 0.520. The Bertz CT molecular complexity index is 348. The first kappa shape index (κ1) is 6.47. The van der Waals surface area contributed by atoms with E-state index in [-0.39, 0.29) is 5.69 Å². The van der Waals surface area contributed by atoms with Gasteiger partial charge in [0.25, 0.3) is 5.56 Å². The molecule has 1 heterocycles. The van der Waals surface area contributed by atoms with Crippen LogP contribution in [0.4, 0.5) is 5.69 Å². The van der Waals surface area contributed by atoms with Crippen LogP contribution in [0.15, 0.2) is 20.8 Å². The number of hydrogen-bond donors (Lipinski definition) is 2. The minimum Gasteiger partial charge on any atom is -0.312 e. The Balaban J connectivity index is 3.48. The quantitative estimate of drug-likeness (QED) is 0.509. The molecule has 0 saturated carbocycles. The maximum absolute atomic E-state index is 10.7. The van der Waals surface area contributed by atoms with Crippen LogP contribution in [-0.2, 0) is 0 Å². The third-order valence-electron chi connectivity index (χ3n) is 0.970. The van der Waals surface area contributed by atoms with Crippen LogP contribution < -0.4 is 11.2 Å². The van der Waals surface area contributed by atoms with Crippen LogP contribution >= 0.6 is 0 Å². The highest BCUT2D eigenvalue weighted by atomic mass is 16.2. The van der Waals surface area contributed by atoms with E-state index in [1.807, 2.05) is 4.98 Å². The van der Waals surface area contributed by atoms with Gasteiger partial charge in [-0.1, -0.05) is 0 Å². The highest BCUT2D eigenvalue weighted by Gasteiger charge is 1.92. The number of rotatable bonds is 1. The van der Waals surface area contributed by atoms with Crippen LogP contribution in [0.5, 0.6) is 0 Å². The summed E-state index contributed by atoms with van der Waals surface area (Å²) in [4.78, 5) is 28.6. The monoisotopic (exact) mass is 139 g/mol. The number of aromatic amines is 2. The van der Waals surface area contributed by atoms with Gasteiger partial charge >= 0.3 is 5.69 Å². The zero-order valence-corrected chi connectivity index (χ0v) is 5.05. The standard InChI is InChI=1S/C5H5N3O2/c1-6-3-2-7-5(10)8-4(3)9/h2H,1H2,(H2,7,8,9,10). The lowest BCUT2D eigenvalue weighted by Crippen LogP contribution is -2.20. The molecule has 52 valence electrons. The Morgan fingerprint density at radius 3 is 2.70 bits per heavy atom. The Hall–Kier alpha value is -1.65. The first-order valence-electron chi connectivity index (χ1n) is 2.53. The van der Waals surface area contributed by atoms with Crippen molar-refractivity contribution < 1.29 is 0 Å². The van der Waals surface area contributed by atoms with E-state index in [0.29, 0.717) is 0 Å². The highest BCUT2D eigenvalue weighted by Crippen LogP contribution is 1.93. The summed E-state index contributed by atoms with van der Waals surface area (Å²) < 4.78 is 0. The number of H-pyrrole nitrogens is 2. The molecule has 1 aromatic rings. The predicted molar refractivity (Wildman–Crippen MR) is 36.9 cm³/mol. The second-order valence-corrected chi connectivity index (χ2v) is 1.62. The van der Waals surface area contributed by atoms with Crippen LogP contribution in [0, 0.1) is 0 Å². The van der Waals surface area contributed by atoms with Crippen molar-refractivity contribution in [1.29, 1.82) is 0 Å². The molecule has 0 unspecified atom stereocenters. The molecule has 0 aliphatic carbocycles. The fourth-order valence-electron chi connectivity index (χ4n) is 0.520. The lowest BCUT2D eigenvalue weighted by molar-refractivity contribution is 1.03. The Kier molecular flexibility index (Phi) is 1.49. The first-order valence-corrected chi connectivity index (χ1v) is 2.53. The van der Waals surface area contributed by atoms with Crippen molar-refractivity contribution in [1.82, 2.24) is 9.97 Å². The van der Waals surface area contributed by atoms with Crippen LogP contribution in [0.2, 0.25) is 0 Å². The second kappa shape index (κ2) is 2.30. The predicted octanol–water partition coefficient (Wildman–Crippen LogP) is -0.605. The van der Waals surface area contributed by atoms with E-state index in [2.05, 4.69) is 16.7 Å². The molecular weight excluding hydrogens is 134 g/mol. The minimum absolute atomic E-state index is 0.111. The molecule has 10 heavy (non-hydrogen) atoms. The van der Waals surface area contributed by atoms with Gasteiger partial charge in [0, 0.05) is 6.20 Å². The summed E-state index contributed by atoms with van der Waals surface area (Å²) in [5, 5.41) is 0. The molecule has 0 saturated heterocycles. The second-order valence-electron chi connectivity index (χ2n) is 1.62. The number of aliphatic imine (C=N–C) groups is 1. The third kappa shape index (κ3) is 1.02. The third-order valence-corrected chi connectivity index (χ3v) is 0.970. The molecule has 2 N–H and O–H groups in total. The van der Waals surface area contributed by atoms with Crippen molar-refractivity contribution in [2.75, 3.05) is 0 Å². The lowest BCUT2D eigenvalue weighted by Gasteiger charge is -1.85. The maximum atomic E-state index is 10.7. The van der Waals surface area contributed by atoms with Crippen LogP contribution in [0.25, 0.3) is 0 Å². The summed E-state index contributed by atoms with van der Waals surface area (Å²) in [7, 11) is 0. The summed E-state index contributed by atoms with van der Waals surface area (Å²) in [5.41, 5.74) is -0.962. The molecule has 1 aromatic heterocycles. The van der Waals surface area contributed by atoms with Gasteiger partial charge in [0.1, 0.15) is 5.69 Å². The molecule has 0 aliphatic rings. The van der Waals surface area contributed by atoms with E-state index < -0.39 is 11.2 Å².